The van der Waals surface area contributed by atoms with Gasteiger partial charge in [-0.05, 0) is 12.8 Å². The zero-order valence-corrected chi connectivity index (χ0v) is 10.3. The lowest BCUT2D eigenvalue weighted by Crippen LogP contribution is -2.43. The highest BCUT2D eigenvalue weighted by Crippen LogP contribution is 2.17. The summed E-state index contributed by atoms with van der Waals surface area (Å²) in [6.07, 6.45) is 5.29. The number of nitrogens with zero attached hydrogens (tertiary/aromatic N) is 1. The minimum absolute atomic E-state index is 0.0354. The Bertz CT molecular complexity index is 260. The van der Waals surface area contributed by atoms with Crippen LogP contribution in [-0.4, -0.2) is 54.4 Å². The summed E-state index contributed by atoms with van der Waals surface area (Å²) in [6, 6.07) is 0.247. The van der Waals surface area contributed by atoms with Gasteiger partial charge in [-0.25, -0.2) is 4.79 Å². The van der Waals surface area contributed by atoms with Crippen LogP contribution in [0.4, 0.5) is 4.79 Å². The lowest BCUT2D eigenvalue weighted by molar-refractivity contribution is 0.119. The number of rotatable bonds is 4. The van der Waals surface area contributed by atoms with Crippen LogP contribution in [0, 0.1) is 0 Å². The van der Waals surface area contributed by atoms with Crippen LogP contribution in [-0.2, 0) is 0 Å². The number of hydrogen-bond acceptors (Lipinski definition) is 3. The molecule has 5 nitrogen and oxygen atoms in total. The summed E-state index contributed by atoms with van der Waals surface area (Å²) in [7, 11) is 0. The van der Waals surface area contributed by atoms with Crippen molar-refractivity contribution in [3.8, 4) is 0 Å². The Hall–Kier alpha value is -0.810. The van der Waals surface area contributed by atoms with E-state index in [0.29, 0.717) is 0 Å². The molecular formula is C12H23N3O2. The molecule has 1 aliphatic heterocycles. The predicted octanol–water partition coefficient (Wildman–Crippen LogP) is 0.295. The molecule has 2 atom stereocenters. The van der Waals surface area contributed by atoms with Crippen molar-refractivity contribution in [1.29, 1.82) is 0 Å². The normalized spacial score (nSPS) is 30.2. The molecule has 2 unspecified atom stereocenters. The molecule has 1 saturated heterocycles. The highest BCUT2D eigenvalue weighted by Gasteiger charge is 2.22. The highest BCUT2D eigenvalue weighted by atomic mass is 16.3. The Balaban J connectivity index is 1.68. The van der Waals surface area contributed by atoms with Gasteiger partial charge in [0.05, 0.1) is 6.10 Å². The van der Waals surface area contributed by atoms with E-state index in [1.54, 1.807) is 0 Å². The smallest absolute Gasteiger partial charge is 0.317 e. The van der Waals surface area contributed by atoms with Crippen LogP contribution in [0.2, 0.25) is 0 Å². The van der Waals surface area contributed by atoms with E-state index in [-0.39, 0.29) is 18.2 Å². The second kappa shape index (κ2) is 6.21. The molecule has 1 aliphatic carbocycles. The first-order valence-corrected chi connectivity index (χ1v) is 6.71. The molecule has 98 valence electrons. The van der Waals surface area contributed by atoms with Gasteiger partial charge in [0.1, 0.15) is 0 Å². The summed E-state index contributed by atoms with van der Waals surface area (Å²) in [4.78, 5) is 13.1. The molecule has 0 bridgehead atoms. The summed E-state index contributed by atoms with van der Waals surface area (Å²) < 4.78 is 0. The van der Waals surface area contributed by atoms with Crippen molar-refractivity contribution in [3.63, 3.8) is 0 Å². The number of carbonyl (C=O) groups is 1. The molecule has 1 saturated carbocycles. The molecule has 0 aromatic carbocycles. The largest absolute Gasteiger partial charge is 0.392 e. The van der Waals surface area contributed by atoms with Crippen molar-refractivity contribution in [2.45, 2.75) is 44.2 Å². The maximum Gasteiger partial charge on any atom is 0.317 e. The SMILES string of the molecule is O=C1NCCN1CCNC1CCCCCC1O. The van der Waals surface area contributed by atoms with Crippen molar-refractivity contribution in [2.75, 3.05) is 26.2 Å². The first-order valence-electron chi connectivity index (χ1n) is 6.71. The monoisotopic (exact) mass is 241 g/mol. The quantitative estimate of drug-likeness (QED) is 0.620. The Kier molecular flexibility index (Phi) is 4.62. The fraction of sp³-hybridized carbons (Fsp3) is 0.917. The number of carbonyl (C=O) groups excluding carboxylic acids is 1. The standard InChI is InChI=1S/C12H23N3O2/c16-11-5-3-1-2-4-10(11)13-6-8-15-9-7-14-12(15)17/h10-11,13,16H,1-9H2,(H,14,17). The number of aliphatic hydroxyl groups excluding tert-OH is 1. The summed E-state index contributed by atoms with van der Waals surface area (Å²) in [5, 5.41) is 16.1. The third-order valence-electron chi connectivity index (χ3n) is 3.71. The van der Waals surface area contributed by atoms with Gasteiger partial charge >= 0.3 is 6.03 Å². The third-order valence-corrected chi connectivity index (χ3v) is 3.71. The molecule has 1 heterocycles. The number of aliphatic hydroxyl groups is 1. The van der Waals surface area contributed by atoms with Crippen LogP contribution in [0.3, 0.4) is 0 Å². The summed E-state index contributed by atoms with van der Waals surface area (Å²) in [6.45, 7) is 3.06. The molecule has 2 aliphatic rings. The number of nitrogens with one attached hydrogen (secondary N) is 2. The maximum absolute atomic E-state index is 11.3. The second-order valence-electron chi connectivity index (χ2n) is 4.98. The molecule has 2 fully saturated rings. The third kappa shape index (κ3) is 3.57. The Labute approximate surface area is 103 Å². The van der Waals surface area contributed by atoms with Crippen molar-refractivity contribution >= 4 is 6.03 Å². The van der Waals surface area contributed by atoms with E-state index >= 15 is 0 Å². The zero-order chi connectivity index (χ0) is 12.1. The predicted molar refractivity (Wildman–Crippen MR) is 65.9 cm³/mol. The minimum Gasteiger partial charge on any atom is -0.392 e. The molecule has 2 amide bonds. The van der Waals surface area contributed by atoms with Crippen molar-refractivity contribution in [2.24, 2.45) is 0 Å². The molecule has 0 spiro atoms. The highest BCUT2D eigenvalue weighted by molar-refractivity contribution is 5.76. The van der Waals surface area contributed by atoms with Gasteiger partial charge in [0.2, 0.25) is 0 Å². The van der Waals surface area contributed by atoms with Gasteiger partial charge in [-0.2, -0.15) is 0 Å². The fourth-order valence-electron chi connectivity index (χ4n) is 2.64. The first-order chi connectivity index (χ1) is 8.27. The van der Waals surface area contributed by atoms with Crippen molar-refractivity contribution < 1.29 is 9.90 Å². The van der Waals surface area contributed by atoms with Crippen LogP contribution in [0.1, 0.15) is 32.1 Å². The maximum atomic E-state index is 11.3. The van der Waals surface area contributed by atoms with Crippen LogP contribution in [0.25, 0.3) is 0 Å². The molecule has 3 N–H and O–H groups in total. The topological polar surface area (TPSA) is 64.6 Å². The first kappa shape index (κ1) is 12.6. The van der Waals surface area contributed by atoms with Crippen LogP contribution >= 0.6 is 0 Å². The van der Waals surface area contributed by atoms with E-state index < -0.39 is 0 Å². The lowest BCUT2D eigenvalue weighted by Gasteiger charge is -2.23. The van der Waals surface area contributed by atoms with E-state index in [1.807, 2.05) is 4.90 Å². The second-order valence-corrected chi connectivity index (χ2v) is 4.98. The molecule has 17 heavy (non-hydrogen) atoms. The summed E-state index contributed by atoms with van der Waals surface area (Å²) >= 11 is 0. The van der Waals surface area contributed by atoms with Gasteiger partial charge in [-0.1, -0.05) is 19.3 Å². The minimum atomic E-state index is -0.218. The summed E-state index contributed by atoms with van der Waals surface area (Å²) in [5.74, 6) is 0. The summed E-state index contributed by atoms with van der Waals surface area (Å²) in [5.41, 5.74) is 0. The number of hydrogen-bond donors (Lipinski definition) is 3. The van der Waals surface area contributed by atoms with Gasteiger partial charge in [-0.3, -0.25) is 0 Å². The average Bonchev–Trinajstić information content (AvgIpc) is 2.60. The van der Waals surface area contributed by atoms with Crippen molar-refractivity contribution in [3.05, 3.63) is 0 Å². The van der Waals surface area contributed by atoms with Gasteiger partial charge in [-0.15, -0.1) is 0 Å². The van der Waals surface area contributed by atoms with E-state index in [4.69, 9.17) is 0 Å². The Morgan fingerprint density at radius 2 is 2.18 bits per heavy atom. The Morgan fingerprint density at radius 1 is 1.35 bits per heavy atom. The zero-order valence-electron chi connectivity index (χ0n) is 10.3. The lowest BCUT2D eigenvalue weighted by atomic mass is 10.1. The van der Waals surface area contributed by atoms with Crippen LogP contribution < -0.4 is 10.6 Å². The van der Waals surface area contributed by atoms with Crippen LogP contribution in [0.15, 0.2) is 0 Å². The van der Waals surface area contributed by atoms with Gasteiger partial charge in [0.25, 0.3) is 0 Å². The molecule has 0 aromatic heterocycles. The molecule has 5 heteroatoms. The van der Waals surface area contributed by atoms with E-state index in [2.05, 4.69) is 10.6 Å². The van der Waals surface area contributed by atoms with Gasteiger partial charge < -0.3 is 20.6 Å². The number of amides is 2. The molecule has 0 radical (unpaired) electrons. The van der Waals surface area contributed by atoms with E-state index in [9.17, 15) is 9.90 Å². The molecular weight excluding hydrogens is 218 g/mol. The number of urea groups is 1. The van der Waals surface area contributed by atoms with Gasteiger partial charge in [0, 0.05) is 32.2 Å². The van der Waals surface area contributed by atoms with E-state index in [0.717, 1.165) is 45.4 Å². The van der Waals surface area contributed by atoms with Crippen molar-refractivity contribution in [1.82, 2.24) is 15.5 Å². The Morgan fingerprint density at radius 3 is 2.94 bits per heavy atom. The van der Waals surface area contributed by atoms with E-state index in [1.165, 1.54) is 12.8 Å². The van der Waals surface area contributed by atoms with Gasteiger partial charge in [0.15, 0.2) is 0 Å². The molecule has 2 rings (SSSR count). The van der Waals surface area contributed by atoms with Crippen LogP contribution in [0.5, 0.6) is 0 Å². The average molecular weight is 241 g/mol. The molecule has 0 aromatic rings. The fourth-order valence-corrected chi connectivity index (χ4v) is 2.64.